The Morgan fingerprint density at radius 2 is 1.96 bits per heavy atom. The number of aromatic nitrogens is 3. The molecule has 3 N–H and O–H groups in total. The molecular formula is C19H22N6. The first-order valence-electron chi connectivity index (χ1n) is 8.54. The van der Waals surface area contributed by atoms with E-state index in [4.69, 9.17) is 5.73 Å². The Kier molecular flexibility index (Phi) is 4.11. The van der Waals surface area contributed by atoms with Gasteiger partial charge in [0, 0.05) is 30.7 Å². The van der Waals surface area contributed by atoms with E-state index in [-0.39, 0.29) is 0 Å². The Morgan fingerprint density at radius 3 is 2.68 bits per heavy atom. The molecule has 0 spiro atoms. The second-order valence-electron chi connectivity index (χ2n) is 6.38. The Balaban J connectivity index is 1.51. The van der Waals surface area contributed by atoms with Gasteiger partial charge in [0.15, 0.2) is 0 Å². The molecule has 0 bridgehead atoms. The van der Waals surface area contributed by atoms with E-state index >= 15 is 0 Å². The molecule has 4 rings (SSSR count). The monoisotopic (exact) mass is 334 g/mol. The number of benzene rings is 2. The van der Waals surface area contributed by atoms with Crippen LogP contribution in [-0.2, 0) is 6.54 Å². The maximum atomic E-state index is 5.67. The van der Waals surface area contributed by atoms with Crippen LogP contribution in [0.3, 0.4) is 0 Å². The maximum absolute atomic E-state index is 5.67. The normalized spacial score (nSPS) is 13.7. The molecule has 0 atom stereocenters. The van der Waals surface area contributed by atoms with Gasteiger partial charge in [-0.3, -0.25) is 0 Å². The fourth-order valence-electron chi connectivity index (χ4n) is 2.77. The van der Waals surface area contributed by atoms with Gasteiger partial charge in [0.2, 0.25) is 5.95 Å². The highest BCUT2D eigenvalue weighted by Crippen LogP contribution is 2.34. The molecule has 128 valence electrons. The van der Waals surface area contributed by atoms with Gasteiger partial charge in [-0.25, -0.2) is 9.67 Å². The molecule has 3 aromatic rings. The molecule has 1 aliphatic carbocycles. The highest BCUT2D eigenvalue weighted by atomic mass is 15.4. The zero-order valence-corrected chi connectivity index (χ0v) is 14.3. The molecule has 1 saturated carbocycles. The summed E-state index contributed by atoms with van der Waals surface area (Å²) in [7, 11) is 2.05. The lowest BCUT2D eigenvalue weighted by molar-refractivity contribution is 0.642. The summed E-state index contributed by atoms with van der Waals surface area (Å²) < 4.78 is 1.94. The highest BCUT2D eigenvalue weighted by Gasteiger charge is 2.24. The fraction of sp³-hybridized carbons (Fsp3) is 0.263. The average molecular weight is 334 g/mol. The van der Waals surface area contributed by atoms with Crippen molar-refractivity contribution in [2.75, 3.05) is 17.3 Å². The largest absolute Gasteiger partial charge is 0.345 e. The van der Waals surface area contributed by atoms with Gasteiger partial charge in [-0.05, 0) is 48.7 Å². The van der Waals surface area contributed by atoms with Crippen LogP contribution in [0.5, 0.6) is 0 Å². The number of hydrogen-bond acceptors (Lipinski definition) is 5. The summed E-state index contributed by atoms with van der Waals surface area (Å²) >= 11 is 0. The summed E-state index contributed by atoms with van der Waals surface area (Å²) in [5.41, 5.74) is 9.97. The van der Waals surface area contributed by atoms with Crippen LogP contribution in [0.25, 0.3) is 0 Å². The van der Waals surface area contributed by atoms with Gasteiger partial charge in [-0.15, -0.1) is 5.10 Å². The van der Waals surface area contributed by atoms with Gasteiger partial charge >= 0.3 is 0 Å². The van der Waals surface area contributed by atoms with E-state index in [0.29, 0.717) is 18.5 Å². The molecule has 0 amide bonds. The molecule has 25 heavy (non-hydrogen) atoms. The van der Waals surface area contributed by atoms with Crippen molar-refractivity contribution in [1.29, 1.82) is 0 Å². The molecule has 2 aromatic carbocycles. The van der Waals surface area contributed by atoms with E-state index in [9.17, 15) is 0 Å². The Bertz CT molecular complexity index is 850. The molecule has 0 saturated heterocycles. The highest BCUT2D eigenvalue weighted by molar-refractivity contribution is 5.68. The van der Waals surface area contributed by atoms with Gasteiger partial charge in [-0.2, -0.15) is 0 Å². The first kappa shape index (κ1) is 15.7. The Labute approximate surface area is 147 Å². The first-order valence-corrected chi connectivity index (χ1v) is 8.54. The van der Waals surface area contributed by atoms with E-state index < -0.39 is 0 Å². The van der Waals surface area contributed by atoms with Gasteiger partial charge in [0.25, 0.3) is 0 Å². The van der Waals surface area contributed by atoms with Crippen LogP contribution in [0.15, 0.2) is 54.9 Å². The van der Waals surface area contributed by atoms with Gasteiger partial charge in [-0.1, -0.05) is 18.2 Å². The fourth-order valence-corrected chi connectivity index (χ4v) is 2.77. The number of nitrogens with zero attached hydrogens (tertiary/aromatic N) is 4. The van der Waals surface area contributed by atoms with E-state index in [2.05, 4.69) is 63.7 Å². The second-order valence-corrected chi connectivity index (χ2v) is 6.38. The zero-order valence-electron chi connectivity index (χ0n) is 14.3. The molecule has 0 unspecified atom stereocenters. The summed E-state index contributed by atoms with van der Waals surface area (Å²) in [6.45, 7) is 0.559. The summed E-state index contributed by atoms with van der Waals surface area (Å²) in [6, 6.07) is 17.0. The van der Waals surface area contributed by atoms with Crippen LogP contribution >= 0.6 is 0 Å². The number of nitrogens with one attached hydrogen (secondary N) is 1. The number of hydrogen-bond donors (Lipinski definition) is 2. The van der Waals surface area contributed by atoms with Gasteiger partial charge in [0.05, 0.1) is 6.04 Å². The van der Waals surface area contributed by atoms with Crippen LogP contribution in [-0.4, -0.2) is 21.8 Å². The van der Waals surface area contributed by atoms with Crippen LogP contribution in [0, 0.1) is 0 Å². The van der Waals surface area contributed by atoms with Crippen LogP contribution in [0.4, 0.5) is 23.0 Å². The second kappa shape index (κ2) is 6.57. The molecule has 1 aromatic heterocycles. The van der Waals surface area contributed by atoms with Crippen molar-refractivity contribution < 1.29 is 0 Å². The molecule has 6 heteroatoms. The van der Waals surface area contributed by atoms with E-state index in [1.54, 1.807) is 6.33 Å². The van der Waals surface area contributed by atoms with Crippen molar-refractivity contribution in [2.24, 2.45) is 5.73 Å². The lowest BCUT2D eigenvalue weighted by Crippen LogP contribution is -2.10. The molecule has 0 radical (unpaired) electrons. The third kappa shape index (κ3) is 3.49. The predicted octanol–water partition coefficient (Wildman–Crippen LogP) is 3.58. The van der Waals surface area contributed by atoms with E-state index in [1.165, 1.54) is 12.8 Å². The van der Waals surface area contributed by atoms with Crippen LogP contribution in [0.2, 0.25) is 0 Å². The van der Waals surface area contributed by atoms with Crippen molar-refractivity contribution in [3.05, 3.63) is 60.4 Å². The summed E-state index contributed by atoms with van der Waals surface area (Å²) in [5, 5.41) is 7.77. The smallest absolute Gasteiger partial charge is 0.246 e. The van der Waals surface area contributed by atoms with Crippen LogP contribution in [0.1, 0.15) is 24.4 Å². The zero-order chi connectivity index (χ0) is 17.2. The minimum atomic E-state index is 0.539. The first-order chi connectivity index (χ1) is 12.2. The predicted molar refractivity (Wildman–Crippen MR) is 100 cm³/mol. The topological polar surface area (TPSA) is 72.0 Å². The van der Waals surface area contributed by atoms with Gasteiger partial charge < -0.3 is 16.0 Å². The molecule has 1 heterocycles. The molecule has 1 aliphatic rings. The third-order valence-corrected chi connectivity index (χ3v) is 4.48. The summed E-state index contributed by atoms with van der Waals surface area (Å²) in [6.07, 6.45) is 4.20. The van der Waals surface area contributed by atoms with Crippen molar-refractivity contribution in [1.82, 2.24) is 14.8 Å². The molecule has 1 fully saturated rings. The maximum Gasteiger partial charge on any atom is 0.246 e. The molecule has 6 nitrogen and oxygen atoms in total. The Morgan fingerprint density at radius 1 is 1.16 bits per heavy atom. The molecular weight excluding hydrogens is 312 g/mol. The van der Waals surface area contributed by atoms with Crippen molar-refractivity contribution in [3.63, 3.8) is 0 Å². The van der Waals surface area contributed by atoms with E-state index in [1.807, 2.05) is 16.8 Å². The summed E-state index contributed by atoms with van der Waals surface area (Å²) in [4.78, 5) is 6.48. The van der Waals surface area contributed by atoms with Crippen molar-refractivity contribution >= 4 is 23.0 Å². The number of nitrogens with two attached hydrogens (primary N) is 1. The molecule has 0 aliphatic heterocycles. The average Bonchev–Trinajstić information content (AvgIpc) is 3.41. The Hall–Kier alpha value is -2.86. The van der Waals surface area contributed by atoms with Crippen molar-refractivity contribution in [2.45, 2.75) is 25.4 Å². The summed E-state index contributed by atoms with van der Waals surface area (Å²) in [5.74, 6) is 0.638. The lowest BCUT2D eigenvalue weighted by atomic mass is 10.2. The third-order valence-electron chi connectivity index (χ3n) is 4.48. The minimum Gasteiger partial charge on any atom is -0.345 e. The SMILES string of the molecule is CN(c1ccc(CN)cc1)c1cccc(Nc2ncn(C3CC3)n2)c1. The number of anilines is 4. The minimum absolute atomic E-state index is 0.539. The van der Waals surface area contributed by atoms with Crippen molar-refractivity contribution in [3.8, 4) is 0 Å². The van der Waals surface area contributed by atoms with Crippen LogP contribution < -0.4 is 16.0 Å². The standard InChI is InChI=1S/C19H22N6/c1-24(16-7-5-14(12-20)6-8-16)18-4-2-3-15(11-18)22-19-21-13-25(23-19)17-9-10-17/h2-8,11,13,17H,9-10,12,20H2,1H3,(H,22,23). The number of rotatable bonds is 6. The quantitative estimate of drug-likeness (QED) is 0.721. The lowest BCUT2D eigenvalue weighted by Gasteiger charge is -2.20. The van der Waals surface area contributed by atoms with Gasteiger partial charge in [0.1, 0.15) is 6.33 Å². The van der Waals surface area contributed by atoms with E-state index in [0.717, 1.165) is 22.6 Å².